The Kier molecular flexibility index (Phi) is 6.99. The molecule has 2 rings (SSSR count). The van der Waals surface area contributed by atoms with E-state index >= 15 is 0 Å². The molecule has 0 bridgehead atoms. The Morgan fingerprint density at radius 1 is 1.41 bits per heavy atom. The van der Waals surface area contributed by atoms with E-state index in [2.05, 4.69) is 4.98 Å². The Labute approximate surface area is 163 Å². The van der Waals surface area contributed by atoms with Crippen LogP contribution in [0.25, 0.3) is 0 Å². The first kappa shape index (κ1) is 21.4. The SMILES string of the molecule is CCOC1(OC)C(OC)C([N+](=O)[O-])=C(N(CC)Cc2ccc(Cl)nc2)N1C. The molecule has 0 aliphatic carbocycles. The summed E-state index contributed by atoms with van der Waals surface area (Å²) in [6.07, 6.45) is 0.626. The van der Waals surface area contributed by atoms with Crippen molar-refractivity contribution in [3.8, 4) is 0 Å². The van der Waals surface area contributed by atoms with E-state index in [9.17, 15) is 10.1 Å². The number of hydrogen-bond acceptors (Lipinski definition) is 8. The molecule has 1 aromatic rings. The number of nitrogens with zero attached hydrogens (tertiary/aromatic N) is 4. The molecule has 0 spiro atoms. The Morgan fingerprint density at radius 3 is 2.56 bits per heavy atom. The topological polar surface area (TPSA) is 90.2 Å². The standard InChI is InChI=1S/C17H25ClN4O5/c1-6-21(11-12-8-9-13(18)19-10-12)16-14(22(23)24)15(25-4)17(26-5,20(16)3)27-7-2/h8-10,15H,6-7,11H2,1-5H3. The highest BCUT2D eigenvalue weighted by molar-refractivity contribution is 6.29. The quantitative estimate of drug-likeness (QED) is 0.270. The molecule has 10 heteroatoms. The van der Waals surface area contributed by atoms with Crippen LogP contribution < -0.4 is 0 Å². The molecule has 0 N–H and O–H groups in total. The second-order valence-corrected chi connectivity index (χ2v) is 6.30. The first-order valence-electron chi connectivity index (χ1n) is 8.55. The van der Waals surface area contributed by atoms with Crippen LogP contribution in [0.1, 0.15) is 19.4 Å². The van der Waals surface area contributed by atoms with Crippen molar-refractivity contribution in [2.24, 2.45) is 0 Å². The van der Waals surface area contributed by atoms with Gasteiger partial charge in [0, 0.05) is 47.2 Å². The largest absolute Gasteiger partial charge is 0.363 e. The van der Waals surface area contributed by atoms with Crippen molar-refractivity contribution in [1.29, 1.82) is 0 Å². The average molecular weight is 401 g/mol. The van der Waals surface area contributed by atoms with Crippen molar-refractivity contribution in [3.63, 3.8) is 0 Å². The number of methoxy groups -OCH3 is 2. The molecule has 1 aliphatic heterocycles. The lowest BCUT2D eigenvalue weighted by molar-refractivity contribution is -0.447. The van der Waals surface area contributed by atoms with E-state index in [1.54, 1.807) is 31.1 Å². The highest BCUT2D eigenvalue weighted by Crippen LogP contribution is 2.41. The summed E-state index contributed by atoms with van der Waals surface area (Å²) in [5, 5.41) is 12.3. The minimum Gasteiger partial charge on any atom is -0.363 e. The predicted molar refractivity (Wildman–Crippen MR) is 99.3 cm³/mol. The van der Waals surface area contributed by atoms with Crippen LogP contribution in [0.2, 0.25) is 5.15 Å². The lowest BCUT2D eigenvalue weighted by atomic mass is 10.2. The zero-order valence-corrected chi connectivity index (χ0v) is 16.9. The van der Waals surface area contributed by atoms with E-state index in [1.807, 2.05) is 17.9 Å². The predicted octanol–water partition coefficient (Wildman–Crippen LogP) is 2.30. The molecule has 0 saturated heterocycles. The summed E-state index contributed by atoms with van der Waals surface area (Å²) in [5.41, 5.74) is 0.754. The smallest absolute Gasteiger partial charge is 0.322 e. The molecule has 0 aromatic carbocycles. The van der Waals surface area contributed by atoms with Crippen molar-refractivity contribution in [2.45, 2.75) is 32.4 Å². The Balaban J connectivity index is 2.51. The number of likely N-dealkylation sites (N-methyl/N-ethyl adjacent to an activating group) is 1. The molecule has 1 aromatic heterocycles. The molecular weight excluding hydrogens is 376 g/mol. The zero-order valence-electron chi connectivity index (χ0n) is 16.1. The third-order valence-corrected chi connectivity index (χ3v) is 4.74. The number of nitro groups is 1. The molecule has 0 saturated carbocycles. The van der Waals surface area contributed by atoms with E-state index in [-0.39, 0.29) is 5.70 Å². The molecule has 27 heavy (non-hydrogen) atoms. The van der Waals surface area contributed by atoms with Crippen molar-refractivity contribution in [3.05, 3.63) is 50.7 Å². The molecule has 0 radical (unpaired) electrons. The average Bonchev–Trinajstić information content (AvgIpc) is 2.90. The molecule has 150 valence electrons. The summed E-state index contributed by atoms with van der Waals surface area (Å²) in [5.74, 6) is -1.05. The maximum atomic E-state index is 11.9. The van der Waals surface area contributed by atoms with Crippen LogP contribution >= 0.6 is 11.6 Å². The van der Waals surface area contributed by atoms with Crippen molar-refractivity contribution < 1.29 is 19.1 Å². The zero-order chi connectivity index (χ0) is 20.2. The van der Waals surface area contributed by atoms with Crippen LogP contribution in [0.3, 0.4) is 0 Å². The number of pyridine rings is 1. The summed E-state index contributed by atoms with van der Waals surface area (Å²) in [6.45, 7) is 4.92. The highest BCUT2D eigenvalue weighted by Gasteiger charge is 2.61. The number of rotatable bonds is 9. The minimum atomic E-state index is -1.42. The Morgan fingerprint density at radius 2 is 2.11 bits per heavy atom. The van der Waals surface area contributed by atoms with Crippen LogP contribution in [0, 0.1) is 10.1 Å². The van der Waals surface area contributed by atoms with Gasteiger partial charge in [0.25, 0.3) is 5.91 Å². The normalized spacial score (nSPS) is 22.4. The maximum absolute atomic E-state index is 11.9. The van der Waals surface area contributed by atoms with Crippen LogP contribution in [0.5, 0.6) is 0 Å². The van der Waals surface area contributed by atoms with Gasteiger partial charge in [0.15, 0.2) is 5.82 Å². The molecule has 2 heterocycles. The minimum absolute atomic E-state index is 0.112. The number of ether oxygens (including phenoxy) is 3. The van der Waals surface area contributed by atoms with Crippen molar-refractivity contribution in [2.75, 3.05) is 34.4 Å². The summed E-state index contributed by atoms with van der Waals surface area (Å²) >= 11 is 5.84. The third kappa shape index (κ3) is 3.86. The first-order chi connectivity index (χ1) is 12.9. The Bertz CT molecular complexity index is 699. The lowest BCUT2D eigenvalue weighted by Gasteiger charge is -2.40. The van der Waals surface area contributed by atoms with Gasteiger partial charge in [0.1, 0.15) is 5.15 Å². The van der Waals surface area contributed by atoms with Crippen molar-refractivity contribution in [1.82, 2.24) is 14.8 Å². The van der Waals surface area contributed by atoms with Gasteiger partial charge in [-0.05, 0) is 25.5 Å². The van der Waals surface area contributed by atoms with E-state index in [0.29, 0.717) is 30.7 Å². The van der Waals surface area contributed by atoms with E-state index < -0.39 is 16.9 Å². The fourth-order valence-electron chi connectivity index (χ4n) is 3.34. The lowest BCUT2D eigenvalue weighted by Crippen LogP contribution is -2.56. The number of halogens is 1. The van der Waals surface area contributed by atoms with Gasteiger partial charge in [-0.25, -0.2) is 4.98 Å². The van der Waals surface area contributed by atoms with E-state index in [0.717, 1.165) is 5.56 Å². The fraction of sp³-hybridized carbons (Fsp3) is 0.588. The molecule has 0 fully saturated rings. The fourth-order valence-corrected chi connectivity index (χ4v) is 3.45. The van der Waals surface area contributed by atoms with E-state index in [4.69, 9.17) is 25.8 Å². The maximum Gasteiger partial charge on any atom is 0.322 e. The van der Waals surface area contributed by atoms with Gasteiger partial charge in [0.2, 0.25) is 6.10 Å². The summed E-state index contributed by atoms with van der Waals surface area (Å²) < 4.78 is 16.9. The number of aromatic nitrogens is 1. The van der Waals surface area contributed by atoms with Crippen LogP contribution in [0.15, 0.2) is 29.8 Å². The second-order valence-electron chi connectivity index (χ2n) is 5.91. The van der Waals surface area contributed by atoms with E-state index in [1.165, 1.54) is 14.2 Å². The molecule has 9 nitrogen and oxygen atoms in total. The monoisotopic (exact) mass is 400 g/mol. The summed E-state index contributed by atoms with van der Waals surface area (Å²) in [7, 11) is 4.54. The van der Waals surface area contributed by atoms with Crippen LogP contribution in [-0.2, 0) is 20.8 Å². The molecular formula is C17H25ClN4O5. The summed E-state index contributed by atoms with van der Waals surface area (Å²) in [6, 6.07) is 3.52. The third-order valence-electron chi connectivity index (χ3n) is 4.51. The summed E-state index contributed by atoms with van der Waals surface area (Å²) in [4.78, 5) is 19.0. The van der Waals surface area contributed by atoms with Crippen molar-refractivity contribution >= 4 is 11.6 Å². The van der Waals surface area contributed by atoms with Crippen LogP contribution in [0.4, 0.5) is 0 Å². The van der Waals surface area contributed by atoms with Gasteiger partial charge < -0.3 is 24.0 Å². The van der Waals surface area contributed by atoms with Gasteiger partial charge >= 0.3 is 5.70 Å². The molecule has 1 aliphatic rings. The van der Waals surface area contributed by atoms with Gasteiger partial charge in [-0.15, -0.1) is 0 Å². The van der Waals surface area contributed by atoms with Gasteiger partial charge in [-0.1, -0.05) is 17.7 Å². The van der Waals surface area contributed by atoms with Gasteiger partial charge in [0.05, 0.1) is 4.92 Å². The van der Waals surface area contributed by atoms with Gasteiger partial charge in [-0.2, -0.15) is 0 Å². The Hall–Kier alpha value is -1.94. The molecule has 2 atom stereocenters. The second kappa shape index (κ2) is 8.83. The number of hydrogen-bond donors (Lipinski definition) is 0. The van der Waals surface area contributed by atoms with Crippen LogP contribution in [-0.4, -0.2) is 66.1 Å². The van der Waals surface area contributed by atoms with Gasteiger partial charge in [-0.3, -0.25) is 10.1 Å². The first-order valence-corrected chi connectivity index (χ1v) is 8.93. The highest BCUT2D eigenvalue weighted by atomic mass is 35.5. The molecule has 0 amide bonds. The molecule has 2 unspecified atom stereocenters.